The molecule has 0 saturated heterocycles. The minimum atomic E-state index is -5.69. The fourth-order valence-electron chi connectivity index (χ4n) is 0.291. The molecule has 1 N–H and O–H groups in total. The molecule has 0 aliphatic heterocycles. The molecule has 0 amide bonds. The van der Waals surface area contributed by atoms with Crippen LogP contribution in [0.4, 0.5) is 17.6 Å². The highest BCUT2D eigenvalue weighted by atomic mass is 32.3. The second-order valence-corrected chi connectivity index (χ2v) is 6.82. The van der Waals surface area contributed by atoms with Crippen molar-refractivity contribution in [1.82, 2.24) is 4.13 Å². The molecule has 0 aromatic heterocycles. The first-order valence-electron chi connectivity index (χ1n) is 3.24. The van der Waals surface area contributed by atoms with Crippen molar-refractivity contribution in [3.8, 4) is 0 Å². The predicted octanol–water partition coefficient (Wildman–Crippen LogP) is 0.461. The molecule has 15 heavy (non-hydrogen) atoms. The van der Waals surface area contributed by atoms with Crippen molar-refractivity contribution in [2.24, 2.45) is 0 Å². The largest absolute Gasteiger partial charge is 0.357 e. The van der Waals surface area contributed by atoms with Crippen molar-refractivity contribution in [2.75, 3.05) is 0 Å². The van der Waals surface area contributed by atoms with Gasteiger partial charge in [-0.1, -0.05) is 4.13 Å². The smallest absolute Gasteiger partial charge is 0.205 e. The van der Waals surface area contributed by atoms with Crippen molar-refractivity contribution < 1.29 is 34.4 Å². The van der Waals surface area contributed by atoms with Crippen LogP contribution in [0.5, 0.6) is 0 Å². The summed E-state index contributed by atoms with van der Waals surface area (Å²) in [5.74, 6) is 0. The maximum absolute atomic E-state index is 12.3. The molecule has 0 aliphatic carbocycles. The third-order valence-electron chi connectivity index (χ3n) is 1.16. The van der Waals surface area contributed by atoms with E-state index in [1.54, 1.807) is 0 Å². The third-order valence-corrected chi connectivity index (χ3v) is 4.81. The molecule has 0 fully saturated rings. The van der Waals surface area contributed by atoms with Crippen LogP contribution in [-0.2, 0) is 20.0 Å². The summed E-state index contributed by atoms with van der Waals surface area (Å²) in [6.07, 6.45) is 0. The number of nitrogens with one attached hydrogen (secondary N) is 1. The molecule has 0 aromatic carbocycles. The second-order valence-electron chi connectivity index (χ2n) is 2.71. The summed E-state index contributed by atoms with van der Waals surface area (Å²) in [4.78, 5) is 0. The van der Waals surface area contributed by atoms with E-state index in [1.165, 1.54) is 0 Å². The van der Waals surface area contributed by atoms with Gasteiger partial charge in [0, 0.05) is 13.8 Å². The van der Waals surface area contributed by atoms with Crippen molar-refractivity contribution in [3.63, 3.8) is 0 Å². The van der Waals surface area contributed by atoms with Crippen LogP contribution >= 0.6 is 0 Å². The van der Waals surface area contributed by atoms with E-state index in [0.29, 0.717) is 0 Å². The van der Waals surface area contributed by atoms with E-state index in [2.05, 4.69) is 0 Å². The van der Waals surface area contributed by atoms with Crippen LogP contribution < -0.4 is 4.13 Å². The monoisotopic (exact) mass is 273 g/mol. The first kappa shape index (κ1) is 14.6. The average molecular weight is 273 g/mol. The van der Waals surface area contributed by atoms with E-state index in [0.717, 1.165) is 0 Å². The van der Waals surface area contributed by atoms with Gasteiger partial charge >= 0.3 is 10.5 Å². The number of rotatable bonds is 4. The number of halogens is 4. The van der Waals surface area contributed by atoms with Gasteiger partial charge in [0.25, 0.3) is 20.0 Å². The Hall–Kier alpha value is -0.420. The van der Waals surface area contributed by atoms with Gasteiger partial charge in [-0.25, -0.2) is 16.8 Å². The normalized spacial score (nSPS) is 15.3. The molecule has 11 heteroatoms. The number of sulfonamides is 2. The zero-order valence-corrected chi connectivity index (χ0v) is 9.09. The lowest BCUT2D eigenvalue weighted by Gasteiger charge is -2.16. The van der Waals surface area contributed by atoms with Crippen LogP contribution in [-0.4, -0.2) is 27.3 Å². The highest BCUT2D eigenvalue weighted by Gasteiger charge is 2.49. The van der Waals surface area contributed by atoms with Gasteiger partial charge in [0.05, 0.1) is 0 Å². The van der Waals surface area contributed by atoms with Crippen LogP contribution in [0.2, 0.25) is 0 Å². The Morgan fingerprint density at radius 3 is 1.13 bits per heavy atom. The van der Waals surface area contributed by atoms with E-state index in [9.17, 15) is 34.4 Å². The highest BCUT2D eigenvalue weighted by molar-refractivity contribution is 8.05. The summed E-state index contributed by atoms with van der Waals surface area (Å²) < 4.78 is 91.5. The standard InChI is InChI=1S/C4H7F4NO4S2/c1-3(5,6)14(10,11)9-15(12,13)4(2,7)8/h9H,1-2H3. The van der Waals surface area contributed by atoms with Crippen molar-refractivity contribution in [2.45, 2.75) is 24.4 Å². The van der Waals surface area contributed by atoms with Gasteiger partial charge in [-0.05, 0) is 0 Å². The molecule has 0 heterocycles. The van der Waals surface area contributed by atoms with Gasteiger partial charge in [0.2, 0.25) is 0 Å². The lowest BCUT2D eigenvalue weighted by Crippen LogP contribution is -2.46. The van der Waals surface area contributed by atoms with Crippen molar-refractivity contribution in [3.05, 3.63) is 0 Å². The van der Waals surface area contributed by atoms with Crippen LogP contribution in [0.3, 0.4) is 0 Å². The lowest BCUT2D eigenvalue weighted by atomic mass is 10.9. The van der Waals surface area contributed by atoms with Gasteiger partial charge in [-0.2, -0.15) is 17.6 Å². The minimum absolute atomic E-state index is 0.140. The Kier molecular flexibility index (Phi) is 3.46. The van der Waals surface area contributed by atoms with Gasteiger partial charge < -0.3 is 0 Å². The SMILES string of the molecule is CC(F)(F)S(=O)(=O)NS(=O)(=O)C(C)(F)F. The quantitative estimate of drug-likeness (QED) is 0.755. The summed E-state index contributed by atoms with van der Waals surface area (Å²) in [5.41, 5.74) is 0. The van der Waals surface area contributed by atoms with Crippen molar-refractivity contribution >= 4 is 20.0 Å². The average Bonchev–Trinajstić information content (AvgIpc) is 1.77. The van der Waals surface area contributed by atoms with Crippen molar-refractivity contribution in [1.29, 1.82) is 0 Å². The molecule has 0 rings (SSSR count). The van der Waals surface area contributed by atoms with Gasteiger partial charge in [-0.3, -0.25) is 0 Å². The topological polar surface area (TPSA) is 80.3 Å². The van der Waals surface area contributed by atoms with Gasteiger partial charge in [-0.15, -0.1) is 0 Å². The number of hydrogen-bond donors (Lipinski definition) is 1. The molecule has 0 bridgehead atoms. The molecular weight excluding hydrogens is 266 g/mol. The fraction of sp³-hybridized carbons (Fsp3) is 1.00. The third kappa shape index (κ3) is 3.28. The van der Waals surface area contributed by atoms with Gasteiger partial charge in [0.1, 0.15) is 0 Å². The summed E-state index contributed by atoms with van der Waals surface area (Å²) in [7, 11) is -11.4. The van der Waals surface area contributed by atoms with E-state index in [1.807, 2.05) is 0 Å². The zero-order chi connectivity index (χ0) is 12.7. The Balaban J connectivity index is 5.28. The first-order chi connectivity index (χ1) is 6.21. The molecule has 0 radical (unpaired) electrons. The Labute approximate surface area is 83.6 Å². The zero-order valence-electron chi connectivity index (χ0n) is 7.46. The lowest BCUT2D eigenvalue weighted by molar-refractivity contribution is 0.108. The fourth-order valence-corrected chi connectivity index (χ4v) is 2.62. The summed E-state index contributed by atoms with van der Waals surface area (Å²) in [6, 6.07) is 0. The van der Waals surface area contributed by atoms with Crippen LogP contribution in [0.25, 0.3) is 0 Å². The molecule has 5 nitrogen and oxygen atoms in total. The highest BCUT2D eigenvalue weighted by Crippen LogP contribution is 2.24. The molecule has 0 aromatic rings. The van der Waals surface area contributed by atoms with Crippen LogP contribution in [0.1, 0.15) is 13.8 Å². The molecule has 0 spiro atoms. The molecule has 0 saturated carbocycles. The number of hydrogen-bond acceptors (Lipinski definition) is 4. The summed E-state index contributed by atoms with van der Waals surface area (Å²) in [5, 5.41) is -8.96. The van der Waals surface area contributed by atoms with Crippen LogP contribution in [0.15, 0.2) is 0 Å². The second kappa shape index (κ2) is 3.56. The molecule has 0 aliphatic rings. The van der Waals surface area contributed by atoms with E-state index < -0.39 is 30.6 Å². The molecular formula is C4H7F4NO4S2. The van der Waals surface area contributed by atoms with Crippen LogP contribution in [0, 0.1) is 0 Å². The minimum Gasteiger partial charge on any atom is -0.205 e. The Morgan fingerprint density at radius 2 is 1.00 bits per heavy atom. The Morgan fingerprint density at radius 1 is 0.800 bits per heavy atom. The van der Waals surface area contributed by atoms with E-state index >= 15 is 0 Å². The summed E-state index contributed by atoms with van der Waals surface area (Å²) >= 11 is 0. The molecule has 0 unspecified atom stereocenters. The van der Waals surface area contributed by atoms with Gasteiger partial charge in [0.15, 0.2) is 0 Å². The van der Waals surface area contributed by atoms with E-state index in [4.69, 9.17) is 0 Å². The molecule has 0 atom stereocenters. The Bertz CT molecular complexity index is 386. The first-order valence-corrected chi connectivity index (χ1v) is 6.21. The maximum Gasteiger partial charge on any atom is 0.357 e. The molecule has 92 valence electrons. The maximum atomic E-state index is 12.3. The van der Waals surface area contributed by atoms with E-state index in [-0.39, 0.29) is 18.0 Å². The number of alkyl halides is 4. The predicted molar refractivity (Wildman–Crippen MR) is 42.2 cm³/mol. The summed E-state index contributed by atoms with van der Waals surface area (Å²) in [6.45, 7) is -0.280.